The predicted molar refractivity (Wildman–Crippen MR) is 159 cm³/mol. The number of aliphatic hydroxyl groups excluding tert-OH is 1. The third-order valence-corrected chi connectivity index (χ3v) is 7.03. The third-order valence-electron chi connectivity index (χ3n) is 6.53. The number of fused-ring (bicyclic) bond motifs is 2. The molecule has 41 heavy (non-hydrogen) atoms. The Labute approximate surface area is 247 Å². The topological polar surface area (TPSA) is 118 Å². The molecule has 0 spiro atoms. The third kappa shape index (κ3) is 6.74. The summed E-state index contributed by atoms with van der Waals surface area (Å²) < 4.78 is 18.1. The van der Waals surface area contributed by atoms with Crippen LogP contribution in [0, 0.1) is 0 Å². The minimum Gasteiger partial charge on any atom is -0.496 e. The van der Waals surface area contributed by atoms with Gasteiger partial charge in [-0.2, -0.15) is 0 Å². The second-order valence-electron chi connectivity index (χ2n) is 10.7. The highest BCUT2D eigenvalue weighted by Gasteiger charge is 2.36. The van der Waals surface area contributed by atoms with E-state index in [2.05, 4.69) is 21.2 Å². The Morgan fingerprint density at radius 3 is 2.63 bits per heavy atom. The molecule has 218 valence electrons. The number of carbonyl (C=O) groups is 3. The van der Waals surface area contributed by atoms with Crippen LogP contribution in [0.2, 0.25) is 0 Å². The Hall–Kier alpha value is -3.83. The van der Waals surface area contributed by atoms with Crippen molar-refractivity contribution in [2.45, 2.75) is 39.0 Å². The van der Waals surface area contributed by atoms with E-state index in [9.17, 15) is 19.5 Å². The van der Waals surface area contributed by atoms with E-state index in [1.54, 1.807) is 53.1 Å². The number of carbonyl (C=O) groups excluding carboxylic acids is 3. The van der Waals surface area contributed by atoms with Gasteiger partial charge in [0.15, 0.2) is 5.75 Å². The van der Waals surface area contributed by atoms with Gasteiger partial charge in [-0.1, -0.05) is 34.1 Å². The number of alkyl carbamates (subject to hydrolysis) is 1. The number of anilines is 1. The van der Waals surface area contributed by atoms with Crippen molar-refractivity contribution in [1.29, 1.82) is 0 Å². The lowest BCUT2D eigenvalue weighted by Gasteiger charge is -2.27. The number of rotatable bonds is 7. The van der Waals surface area contributed by atoms with Crippen LogP contribution in [-0.4, -0.2) is 73.5 Å². The van der Waals surface area contributed by atoms with E-state index in [4.69, 9.17) is 14.2 Å². The number of amides is 3. The highest BCUT2D eigenvalue weighted by atomic mass is 79.9. The van der Waals surface area contributed by atoms with Gasteiger partial charge < -0.3 is 34.4 Å². The molecule has 0 saturated heterocycles. The first-order valence-corrected chi connectivity index (χ1v) is 13.9. The second kappa shape index (κ2) is 12.4. The van der Waals surface area contributed by atoms with Crippen LogP contribution in [-0.2, 0) is 16.1 Å². The van der Waals surface area contributed by atoms with Crippen LogP contribution in [0.1, 0.15) is 36.7 Å². The molecule has 3 aromatic rings. The van der Waals surface area contributed by atoms with E-state index in [-0.39, 0.29) is 43.5 Å². The van der Waals surface area contributed by atoms with Crippen molar-refractivity contribution in [1.82, 2.24) is 10.2 Å². The largest absolute Gasteiger partial charge is 0.496 e. The van der Waals surface area contributed by atoms with Gasteiger partial charge in [0.05, 0.1) is 31.5 Å². The number of likely N-dealkylation sites (N-methyl/N-ethyl adjacent to an activating group) is 1. The molecule has 1 heterocycles. The van der Waals surface area contributed by atoms with Crippen LogP contribution in [0.15, 0.2) is 53.0 Å². The smallest absolute Gasteiger partial charge is 0.408 e. The Morgan fingerprint density at radius 1 is 1.20 bits per heavy atom. The standard InChI is InChI=1S/C30H34BrN3O7/c1-30(2,3)41-29(38)32-23-17-40-26-21(27(36)33(4)13-14-35)7-6-8-24(26)34(28(23)37)16-22-20-11-10-19(31)15-18(20)9-12-25(22)39-5/h6-12,15,23,35H,13-14,16-17H2,1-5H3,(H,32,38). The van der Waals surface area contributed by atoms with E-state index in [0.29, 0.717) is 11.4 Å². The van der Waals surface area contributed by atoms with Crippen molar-refractivity contribution in [2.24, 2.45) is 0 Å². The van der Waals surface area contributed by atoms with E-state index in [1.807, 2.05) is 30.3 Å². The van der Waals surface area contributed by atoms with Crippen molar-refractivity contribution in [2.75, 3.05) is 38.8 Å². The van der Waals surface area contributed by atoms with Crippen LogP contribution in [0.25, 0.3) is 10.8 Å². The van der Waals surface area contributed by atoms with E-state index in [0.717, 1.165) is 20.8 Å². The van der Waals surface area contributed by atoms with Crippen molar-refractivity contribution < 1.29 is 33.7 Å². The fraction of sp³-hybridized carbons (Fsp3) is 0.367. The number of nitrogens with zero attached hydrogens (tertiary/aromatic N) is 2. The van der Waals surface area contributed by atoms with Crippen molar-refractivity contribution in [3.63, 3.8) is 0 Å². The molecule has 0 saturated carbocycles. The number of benzene rings is 3. The monoisotopic (exact) mass is 627 g/mol. The van der Waals surface area contributed by atoms with Gasteiger partial charge in [-0.25, -0.2) is 4.79 Å². The molecule has 0 radical (unpaired) electrons. The number of halogens is 1. The summed E-state index contributed by atoms with van der Waals surface area (Å²) in [5, 5.41) is 13.8. The van der Waals surface area contributed by atoms with Crippen molar-refractivity contribution >= 4 is 50.3 Å². The summed E-state index contributed by atoms with van der Waals surface area (Å²) in [4.78, 5) is 43.0. The van der Waals surface area contributed by atoms with Crippen molar-refractivity contribution in [3.8, 4) is 11.5 Å². The summed E-state index contributed by atoms with van der Waals surface area (Å²) in [5.41, 5.74) is 0.553. The quantitative estimate of drug-likeness (QED) is 0.396. The van der Waals surface area contributed by atoms with Crippen LogP contribution >= 0.6 is 15.9 Å². The highest BCUT2D eigenvalue weighted by molar-refractivity contribution is 9.10. The Balaban J connectivity index is 1.83. The first-order valence-electron chi connectivity index (χ1n) is 13.1. The molecule has 0 aliphatic carbocycles. The summed E-state index contributed by atoms with van der Waals surface area (Å²) in [5.74, 6) is -0.0505. The molecule has 4 rings (SSSR count). The minimum absolute atomic E-state index is 0.0635. The number of nitrogens with one attached hydrogen (secondary N) is 1. The lowest BCUT2D eigenvalue weighted by molar-refractivity contribution is -0.121. The summed E-state index contributed by atoms with van der Waals surface area (Å²) >= 11 is 3.51. The summed E-state index contributed by atoms with van der Waals surface area (Å²) in [6, 6.07) is 13.5. The number of hydrogen-bond acceptors (Lipinski definition) is 7. The Morgan fingerprint density at radius 2 is 1.95 bits per heavy atom. The van der Waals surface area contributed by atoms with E-state index < -0.39 is 23.6 Å². The molecular weight excluding hydrogens is 594 g/mol. The zero-order valence-electron chi connectivity index (χ0n) is 23.7. The number of ether oxygens (including phenoxy) is 3. The molecule has 1 atom stereocenters. The maximum atomic E-state index is 14.1. The van der Waals surface area contributed by atoms with E-state index >= 15 is 0 Å². The summed E-state index contributed by atoms with van der Waals surface area (Å²) in [6.07, 6.45) is -0.767. The average molecular weight is 629 g/mol. The number of para-hydroxylation sites is 1. The molecule has 1 aliphatic rings. The molecule has 1 aliphatic heterocycles. The van der Waals surface area contributed by atoms with Crippen LogP contribution in [0.5, 0.6) is 11.5 Å². The van der Waals surface area contributed by atoms with Gasteiger partial charge >= 0.3 is 6.09 Å². The van der Waals surface area contributed by atoms with E-state index in [1.165, 1.54) is 9.80 Å². The van der Waals surface area contributed by atoms with Crippen LogP contribution in [0.3, 0.4) is 0 Å². The molecule has 0 fully saturated rings. The fourth-order valence-corrected chi connectivity index (χ4v) is 5.01. The average Bonchev–Trinajstić information content (AvgIpc) is 3.04. The normalized spacial score (nSPS) is 15.0. The van der Waals surface area contributed by atoms with Crippen molar-refractivity contribution in [3.05, 3.63) is 64.1 Å². The van der Waals surface area contributed by atoms with Gasteiger partial charge in [0, 0.05) is 23.6 Å². The number of methoxy groups -OCH3 is 1. The Bertz CT molecular complexity index is 1470. The zero-order valence-corrected chi connectivity index (χ0v) is 25.3. The summed E-state index contributed by atoms with van der Waals surface area (Å²) in [7, 11) is 3.13. The first-order chi connectivity index (χ1) is 19.4. The zero-order chi connectivity index (χ0) is 29.9. The lowest BCUT2D eigenvalue weighted by atomic mass is 10.0. The molecule has 10 nitrogen and oxygen atoms in total. The first kappa shape index (κ1) is 30.1. The van der Waals surface area contributed by atoms with Crippen LogP contribution in [0.4, 0.5) is 10.5 Å². The maximum absolute atomic E-state index is 14.1. The highest BCUT2D eigenvalue weighted by Crippen LogP contribution is 2.39. The molecule has 0 aromatic heterocycles. The fourth-order valence-electron chi connectivity index (χ4n) is 4.63. The van der Waals surface area contributed by atoms with Gasteiger partial charge in [-0.05, 0) is 61.9 Å². The molecule has 0 bridgehead atoms. The SMILES string of the molecule is COc1ccc2cc(Br)ccc2c1CN1C(=O)C(NC(=O)OC(C)(C)C)COc2c(C(=O)N(C)CCO)cccc21. The molecular formula is C30H34BrN3O7. The molecule has 11 heteroatoms. The van der Waals surface area contributed by atoms with Crippen LogP contribution < -0.4 is 19.7 Å². The second-order valence-corrected chi connectivity index (χ2v) is 11.6. The lowest BCUT2D eigenvalue weighted by Crippen LogP contribution is -2.51. The maximum Gasteiger partial charge on any atom is 0.408 e. The molecule has 1 unspecified atom stereocenters. The minimum atomic E-state index is -1.11. The van der Waals surface area contributed by atoms with Gasteiger partial charge in [-0.15, -0.1) is 0 Å². The number of hydrogen-bond donors (Lipinski definition) is 2. The molecule has 3 amide bonds. The molecule has 3 aromatic carbocycles. The molecule has 2 N–H and O–H groups in total. The van der Waals surface area contributed by atoms with Gasteiger partial charge in [0.1, 0.15) is 24.0 Å². The Kier molecular flexibility index (Phi) is 9.08. The van der Waals surface area contributed by atoms with Gasteiger partial charge in [0.25, 0.3) is 11.8 Å². The number of aliphatic hydroxyl groups is 1. The van der Waals surface area contributed by atoms with Gasteiger partial charge in [0.2, 0.25) is 0 Å². The summed E-state index contributed by atoms with van der Waals surface area (Å²) in [6.45, 7) is 4.94. The predicted octanol–water partition coefficient (Wildman–Crippen LogP) is 4.49. The van der Waals surface area contributed by atoms with Gasteiger partial charge in [-0.3, -0.25) is 9.59 Å².